The van der Waals surface area contributed by atoms with E-state index in [0.29, 0.717) is 0 Å². The fourth-order valence-corrected chi connectivity index (χ4v) is 4.65. The Kier molecular flexibility index (Phi) is 4.82. The zero-order valence-electron chi connectivity index (χ0n) is 11.7. The van der Waals surface area contributed by atoms with Crippen molar-refractivity contribution in [1.29, 1.82) is 0 Å². The number of halogens is 1. The Bertz CT molecular complexity index is 540. The summed E-state index contributed by atoms with van der Waals surface area (Å²) in [6.45, 7) is 9.67. The zero-order chi connectivity index (χ0) is 14.0. The molecule has 1 N–H and O–H groups in total. The first-order valence-electron chi connectivity index (χ1n) is 6.35. The average molecular weight is 359 g/mol. The van der Waals surface area contributed by atoms with Crippen LogP contribution in [-0.4, -0.2) is 11.5 Å². The van der Waals surface area contributed by atoms with Gasteiger partial charge in [0.1, 0.15) is 5.01 Å². The van der Waals surface area contributed by atoms with Crippen LogP contribution in [0.5, 0.6) is 0 Å². The minimum absolute atomic E-state index is 0.109. The van der Waals surface area contributed by atoms with Crippen LogP contribution in [0, 0.1) is 0 Å². The Morgan fingerprint density at radius 1 is 1.37 bits per heavy atom. The molecule has 0 saturated carbocycles. The molecule has 0 aliphatic carbocycles. The van der Waals surface area contributed by atoms with Crippen LogP contribution in [0.15, 0.2) is 21.3 Å². The van der Waals surface area contributed by atoms with Crippen LogP contribution in [0.3, 0.4) is 0 Å². The molecule has 0 bridgehead atoms. The van der Waals surface area contributed by atoms with E-state index in [1.165, 1.54) is 10.6 Å². The molecule has 2 heterocycles. The molecule has 0 aliphatic rings. The molecule has 19 heavy (non-hydrogen) atoms. The van der Waals surface area contributed by atoms with E-state index in [1.54, 1.807) is 22.7 Å². The number of rotatable bonds is 4. The number of hydrogen-bond acceptors (Lipinski definition) is 4. The molecule has 0 spiro atoms. The van der Waals surface area contributed by atoms with E-state index in [4.69, 9.17) is 4.98 Å². The van der Waals surface area contributed by atoms with E-state index >= 15 is 0 Å². The number of hydrogen-bond donors (Lipinski definition) is 1. The lowest BCUT2D eigenvalue weighted by Crippen LogP contribution is -2.22. The number of thiazole rings is 1. The van der Waals surface area contributed by atoms with Gasteiger partial charge < -0.3 is 5.32 Å². The van der Waals surface area contributed by atoms with Crippen LogP contribution in [0.2, 0.25) is 0 Å². The molecule has 1 atom stereocenters. The predicted octanol–water partition coefficient (Wildman–Crippen LogP) is 4.96. The molecule has 2 aromatic heterocycles. The molecule has 0 aliphatic heterocycles. The highest BCUT2D eigenvalue weighted by molar-refractivity contribution is 9.10. The van der Waals surface area contributed by atoms with E-state index < -0.39 is 0 Å². The fraction of sp³-hybridized carbons (Fsp3) is 0.500. The molecule has 5 heteroatoms. The molecule has 2 rings (SSSR count). The number of thiophene rings is 1. The van der Waals surface area contributed by atoms with Crippen molar-refractivity contribution in [2.75, 3.05) is 6.54 Å². The van der Waals surface area contributed by atoms with E-state index in [2.05, 4.69) is 65.8 Å². The molecule has 2 aromatic rings. The Hall–Kier alpha value is -0.230. The average Bonchev–Trinajstić information content (AvgIpc) is 2.94. The first-order chi connectivity index (χ1) is 8.93. The van der Waals surface area contributed by atoms with Crippen molar-refractivity contribution >= 4 is 38.6 Å². The Labute approximate surface area is 131 Å². The molecule has 0 aromatic carbocycles. The van der Waals surface area contributed by atoms with Gasteiger partial charge in [-0.3, -0.25) is 0 Å². The molecule has 0 radical (unpaired) electrons. The normalized spacial score (nSPS) is 13.7. The summed E-state index contributed by atoms with van der Waals surface area (Å²) in [5.41, 5.74) is 1.28. The first-order valence-corrected chi connectivity index (χ1v) is 8.91. The van der Waals surface area contributed by atoms with Crippen LogP contribution in [0.25, 0.3) is 0 Å². The van der Waals surface area contributed by atoms with Gasteiger partial charge in [-0.25, -0.2) is 4.98 Å². The van der Waals surface area contributed by atoms with Gasteiger partial charge in [-0.05, 0) is 33.9 Å². The maximum atomic E-state index is 4.84. The Morgan fingerprint density at radius 2 is 2.11 bits per heavy atom. The van der Waals surface area contributed by atoms with E-state index in [-0.39, 0.29) is 11.5 Å². The highest BCUT2D eigenvalue weighted by Crippen LogP contribution is 2.35. The van der Waals surface area contributed by atoms with Gasteiger partial charge in [0, 0.05) is 20.1 Å². The monoisotopic (exact) mass is 358 g/mol. The van der Waals surface area contributed by atoms with Crippen molar-refractivity contribution in [2.24, 2.45) is 0 Å². The lowest BCUT2D eigenvalue weighted by molar-refractivity contribution is 0.563. The second-order valence-electron chi connectivity index (χ2n) is 5.44. The topological polar surface area (TPSA) is 24.9 Å². The number of nitrogens with zero attached hydrogens (tertiary/aromatic N) is 1. The third kappa shape index (κ3) is 3.45. The molecular weight excluding hydrogens is 340 g/mol. The number of aromatic nitrogens is 1. The second kappa shape index (κ2) is 6.04. The van der Waals surface area contributed by atoms with Crippen molar-refractivity contribution in [1.82, 2.24) is 10.3 Å². The van der Waals surface area contributed by atoms with Crippen LogP contribution in [0.4, 0.5) is 0 Å². The summed E-state index contributed by atoms with van der Waals surface area (Å²) in [6, 6.07) is 2.29. The van der Waals surface area contributed by atoms with Gasteiger partial charge >= 0.3 is 0 Å². The highest BCUT2D eigenvalue weighted by atomic mass is 79.9. The largest absolute Gasteiger partial charge is 0.304 e. The van der Waals surface area contributed by atoms with E-state index in [1.807, 2.05) is 0 Å². The van der Waals surface area contributed by atoms with Gasteiger partial charge in [0.2, 0.25) is 0 Å². The van der Waals surface area contributed by atoms with Gasteiger partial charge in [-0.15, -0.1) is 22.7 Å². The predicted molar refractivity (Wildman–Crippen MR) is 88.4 cm³/mol. The van der Waals surface area contributed by atoms with Gasteiger partial charge in [0.25, 0.3) is 0 Å². The van der Waals surface area contributed by atoms with Gasteiger partial charge in [0.05, 0.1) is 11.7 Å². The maximum absolute atomic E-state index is 4.84. The van der Waals surface area contributed by atoms with Crippen LogP contribution < -0.4 is 5.32 Å². The first kappa shape index (κ1) is 15.2. The third-order valence-electron chi connectivity index (χ3n) is 2.85. The highest BCUT2D eigenvalue weighted by Gasteiger charge is 2.23. The van der Waals surface area contributed by atoms with E-state index in [9.17, 15) is 0 Å². The van der Waals surface area contributed by atoms with Crippen LogP contribution >= 0.6 is 38.6 Å². The molecule has 2 nitrogen and oxygen atoms in total. The Morgan fingerprint density at radius 3 is 2.58 bits per heavy atom. The van der Waals surface area contributed by atoms with Crippen molar-refractivity contribution in [3.05, 3.63) is 36.9 Å². The van der Waals surface area contributed by atoms with Crippen LogP contribution in [-0.2, 0) is 5.41 Å². The molecule has 1 unspecified atom stereocenters. The maximum Gasteiger partial charge on any atom is 0.115 e. The fourth-order valence-electron chi connectivity index (χ4n) is 1.77. The van der Waals surface area contributed by atoms with Crippen molar-refractivity contribution < 1.29 is 0 Å². The molecule has 0 saturated heterocycles. The summed E-state index contributed by atoms with van der Waals surface area (Å²) in [4.78, 5) is 6.14. The molecular formula is C14H19BrN2S2. The van der Waals surface area contributed by atoms with Gasteiger partial charge in [-0.1, -0.05) is 27.7 Å². The SMILES string of the molecule is CCNC(c1nc(C(C)(C)C)cs1)c1sccc1Br. The van der Waals surface area contributed by atoms with Crippen molar-refractivity contribution in [3.8, 4) is 0 Å². The molecule has 104 valence electrons. The van der Waals surface area contributed by atoms with Crippen molar-refractivity contribution in [3.63, 3.8) is 0 Å². The lowest BCUT2D eigenvalue weighted by Gasteiger charge is -2.16. The number of nitrogens with one attached hydrogen (secondary N) is 1. The second-order valence-corrected chi connectivity index (χ2v) is 8.14. The molecule has 0 fully saturated rings. The zero-order valence-corrected chi connectivity index (χ0v) is 14.9. The smallest absolute Gasteiger partial charge is 0.115 e. The summed E-state index contributed by atoms with van der Waals surface area (Å²) in [7, 11) is 0. The quantitative estimate of drug-likeness (QED) is 0.834. The van der Waals surface area contributed by atoms with Gasteiger partial charge in [0.15, 0.2) is 0 Å². The summed E-state index contributed by atoms with van der Waals surface area (Å²) in [5, 5.41) is 8.98. The Balaban J connectivity index is 2.35. The standard InChI is InChI=1S/C14H19BrN2S2/c1-5-16-11(12-9(15)6-7-18-12)13-17-10(8-19-13)14(2,3)4/h6-8,11,16H,5H2,1-4H3. The van der Waals surface area contributed by atoms with Crippen molar-refractivity contribution in [2.45, 2.75) is 39.2 Å². The lowest BCUT2D eigenvalue weighted by atomic mass is 9.93. The van der Waals surface area contributed by atoms with E-state index in [0.717, 1.165) is 16.0 Å². The minimum atomic E-state index is 0.109. The minimum Gasteiger partial charge on any atom is -0.304 e. The van der Waals surface area contributed by atoms with Gasteiger partial charge in [-0.2, -0.15) is 0 Å². The summed E-state index contributed by atoms with van der Waals surface area (Å²) >= 11 is 7.14. The summed E-state index contributed by atoms with van der Waals surface area (Å²) < 4.78 is 1.16. The summed E-state index contributed by atoms with van der Waals surface area (Å²) in [5.74, 6) is 0. The summed E-state index contributed by atoms with van der Waals surface area (Å²) in [6.07, 6.45) is 0. The molecule has 0 amide bonds. The third-order valence-corrected chi connectivity index (χ3v) is 5.70. The van der Waals surface area contributed by atoms with Crippen LogP contribution in [0.1, 0.15) is 49.3 Å².